The van der Waals surface area contributed by atoms with Gasteiger partial charge in [0.15, 0.2) is 0 Å². The molecule has 0 spiro atoms. The van der Waals surface area contributed by atoms with E-state index in [9.17, 15) is 22.8 Å². The third-order valence-electron chi connectivity index (χ3n) is 6.74. The maximum atomic E-state index is 13.3. The van der Waals surface area contributed by atoms with E-state index >= 15 is 0 Å². The van der Waals surface area contributed by atoms with Crippen LogP contribution < -0.4 is 10.6 Å². The van der Waals surface area contributed by atoms with Crippen LogP contribution in [-0.4, -0.2) is 52.9 Å². The number of carbonyl (C=O) groups is 2. The van der Waals surface area contributed by atoms with Gasteiger partial charge in [-0.25, -0.2) is 4.98 Å². The summed E-state index contributed by atoms with van der Waals surface area (Å²) < 4.78 is 40.0. The number of hydrogen-bond donors (Lipinski definition) is 1. The van der Waals surface area contributed by atoms with E-state index in [1.54, 1.807) is 11.0 Å². The lowest BCUT2D eigenvalue weighted by Gasteiger charge is -2.37. The minimum Gasteiger partial charge on any atom is -0.372 e. The lowest BCUT2D eigenvalue weighted by molar-refractivity contribution is -0.137. The van der Waals surface area contributed by atoms with E-state index in [1.165, 1.54) is 30.7 Å². The Hall–Kier alpha value is -3.68. The van der Waals surface area contributed by atoms with Gasteiger partial charge in [-0.1, -0.05) is 0 Å². The predicted octanol–water partition coefficient (Wildman–Crippen LogP) is 2.46. The Morgan fingerprint density at radius 3 is 2.47 bits per heavy atom. The zero-order chi connectivity index (χ0) is 24.5. The van der Waals surface area contributed by atoms with Gasteiger partial charge in [0, 0.05) is 44.3 Å². The molecule has 2 atom stereocenters. The zero-order valence-electron chi connectivity index (χ0n) is 18.2. The fourth-order valence-electron chi connectivity index (χ4n) is 4.99. The number of halogens is 3. The first-order valence-corrected chi connectivity index (χ1v) is 10.9. The summed E-state index contributed by atoms with van der Waals surface area (Å²) >= 11 is 0. The number of nitrogens with zero attached hydrogens (tertiary/aromatic N) is 5. The molecule has 3 heterocycles. The molecule has 2 amide bonds. The van der Waals surface area contributed by atoms with Crippen LogP contribution in [-0.2, 0) is 11.0 Å². The van der Waals surface area contributed by atoms with Crippen molar-refractivity contribution in [2.24, 2.45) is 23.5 Å². The van der Waals surface area contributed by atoms with E-state index in [0.717, 1.165) is 6.07 Å². The molecular formula is C23H23F3N6O2. The molecule has 0 unspecified atom stereocenters. The Balaban J connectivity index is 1.45. The summed E-state index contributed by atoms with van der Waals surface area (Å²) in [6.45, 7) is 1.56. The van der Waals surface area contributed by atoms with Crippen molar-refractivity contribution in [3.8, 4) is 6.07 Å². The van der Waals surface area contributed by atoms with Crippen LogP contribution in [0.4, 0.5) is 18.9 Å². The Kier molecular flexibility index (Phi) is 6.41. The molecular weight excluding hydrogens is 449 g/mol. The van der Waals surface area contributed by atoms with Gasteiger partial charge in [0.05, 0.1) is 29.3 Å². The Bertz CT molecular complexity index is 1110. The molecule has 0 aliphatic carbocycles. The van der Waals surface area contributed by atoms with Crippen molar-refractivity contribution in [3.05, 3.63) is 53.6 Å². The first kappa shape index (κ1) is 23.5. The Morgan fingerprint density at radius 2 is 1.88 bits per heavy atom. The molecule has 0 bridgehead atoms. The van der Waals surface area contributed by atoms with Crippen LogP contribution in [0.3, 0.4) is 0 Å². The largest absolute Gasteiger partial charge is 0.417 e. The number of carbonyl (C=O) groups excluding carboxylic acids is 2. The molecule has 1 aromatic carbocycles. The van der Waals surface area contributed by atoms with Gasteiger partial charge >= 0.3 is 6.18 Å². The van der Waals surface area contributed by atoms with Gasteiger partial charge in [-0.05, 0) is 42.9 Å². The van der Waals surface area contributed by atoms with Crippen molar-refractivity contribution in [2.75, 3.05) is 31.1 Å². The van der Waals surface area contributed by atoms with Gasteiger partial charge in [-0.2, -0.15) is 18.4 Å². The Labute approximate surface area is 194 Å². The summed E-state index contributed by atoms with van der Waals surface area (Å²) in [5.74, 6) is -1.31. The van der Waals surface area contributed by atoms with Gasteiger partial charge in [0.2, 0.25) is 5.91 Å². The van der Waals surface area contributed by atoms with E-state index in [1.807, 2.05) is 4.90 Å². The molecule has 34 heavy (non-hydrogen) atoms. The quantitative estimate of drug-likeness (QED) is 0.731. The minimum absolute atomic E-state index is 0.0916. The Morgan fingerprint density at radius 1 is 1.15 bits per heavy atom. The van der Waals surface area contributed by atoms with Gasteiger partial charge in [-0.3, -0.25) is 14.6 Å². The van der Waals surface area contributed by atoms with Gasteiger partial charge in [0.1, 0.15) is 5.69 Å². The van der Waals surface area contributed by atoms with Gasteiger partial charge in [-0.15, -0.1) is 0 Å². The number of benzene rings is 1. The number of nitriles is 1. The first-order chi connectivity index (χ1) is 16.2. The predicted molar refractivity (Wildman–Crippen MR) is 115 cm³/mol. The number of alkyl halides is 3. The van der Waals surface area contributed by atoms with E-state index in [-0.39, 0.29) is 30.0 Å². The van der Waals surface area contributed by atoms with Crippen molar-refractivity contribution in [2.45, 2.75) is 19.0 Å². The summed E-state index contributed by atoms with van der Waals surface area (Å²) in [7, 11) is 0. The maximum absolute atomic E-state index is 13.3. The zero-order valence-corrected chi connectivity index (χ0v) is 18.2. The molecule has 11 heteroatoms. The molecule has 2 aliphatic rings. The lowest BCUT2D eigenvalue weighted by atomic mass is 9.78. The second kappa shape index (κ2) is 9.29. The van der Waals surface area contributed by atoms with Crippen LogP contribution >= 0.6 is 0 Å². The van der Waals surface area contributed by atoms with Crippen molar-refractivity contribution in [3.63, 3.8) is 0 Å². The number of rotatable bonds is 4. The standard InChI is InChI=1S/C23H23F3N6O2/c24-23(25,26)19-9-16(2-1-15(19)10-27)31-7-3-14(4-8-31)17-12-32(13-18(17)21(28)33)22(34)20-11-29-5-6-30-20/h1-2,5-6,9,11,14,17-18H,3-4,7-8,12-13H2,(H2,28,33)/t17-,18+/m0/s1. The van der Waals surface area contributed by atoms with Crippen LogP contribution in [0.2, 0.25) is 0 Å². The van der Waals surface area contributed by atoms with E-state index in [0.29, 0.717) is 38.2 Å². The van der Waals surface area contributed by atoms with Gasteiger partial charge in [0.25, 0.3) is 5.91 Å². The van der Waals surface area contributed by atoms with E-state index < -0.39 is 29.1 Å². The van der Waals surface area contributed by atoms with Crippen LogP contribution in [0, 0.1) is 29.1 Å². The smallest absolute Gasteiger partial charge is 0.372 e. The molecule has 2 saturated heterocycles. The van der Waals surface area contributed by atoms with Crippen LogP contribution in [0.25, 0.3) is 0 Å². The minimum atomic E-state index is -4.61. The van der Waals surface area contributed by atoms with E-state index in [4.69, 9.17) is 11.0 Å². The average Bonchev–Trinajstić information content (AvgIpc) is 3.29. The summed E-state index contributed by atoms with van der Waals surface area (Å²) in [6.07, 6.45) is 0.938. The number of aromatic nitrogens is 2. The first-order valence-electron chi connectivity index (χ1n) is 10.9. The number of likely N-dealkylation sites (tertiary alicyclic amines) is 1. The van der Waals surface area contributed by atoms with Crippen molar-refractivity contribution in [1.29, 1.82) is 5.26 Å². The lowest BCUT2D eigenvalue weighted by Crippen LogP contribution is -2.40. The third kappa shape index (κ3) is 4.66. The molecule has 2 aromatic rings. The maximum Gasteiger partial charge on any atom is 0.417 e. The summed E-state index contributed by atoms with van der Waals surface area (Å²) in [6, 6.07) is 5.33. The van der Waals surface area contributed by atoms with E-state index in [2.05, 4.69) is 9.97 Å². The molecule has 2 fully saturated rings. The fourth-order valence-corrected chi connectivity index (χ4v) is 4.99. The number of piperidine rings is 1. The topological polar surface area (TPSA) is 116 Å². The molecule has 0 saturated carbocycles. The van der Waals surface area contributed by atoms with Crippen molar-refractivity contribution >= 4 is 17.5 Å². The average molecular weight is 472 g/mol. The third-order valence-corrected chi connectivity index (χ3v) is 6.74. The molecule has 8 nitrogen and oxygen atoms in total. The molecule has 178 valence electrons. The summed E-state index contributed by atoms with van der Waals surface area (Å²) in [5, 5.41) is 9.01. The second-order valence-corrected chi connectivity index (χ2v) is 8.64. The molecule has 4 rings (SSSR count). The van der Waals surface area contributed by atoms with Crippen LogP contribution in [0.5, 0.6) is 0 Å². The highest BCUT2D eigenvalue weighted by Crippen LogP contribution is 2.39. The number of amides is 2. The highest BCUT2D eigenvalue weighted by Gasteiger charge is 2.44. The monoisotopic (exact) mass is 472 g/mol. The number of anilines is 1. The van der Waals surface area contributed by atoms with Crippen molar-refractivity contribution in [1.82, 2.24) is 14.9 Å². The summed E-state index contributed by atoms with van der Waals surface area (Å²) in [4.78, 5) is 36.3. The highest BCUT2D eigenvalue weighted by atomic mass is 19.4. The van der Waals surface area contributed by atoms with Crippen molar-refractivity contribution < 1.29 is 22.8 Å². The van der Waals surface area contributed by atoms with Crippen LogP contribution in [0.15, 0.2) is 36.8 Å². The van der Waals surface area contributed by atoms with Gasteiger partial charge < -0.3 is 15.5 Å². The molecule has 2 aliphatic heterocycles. The molecule has 2 N–H and O–H groups in total. The molecule has 1 aromatic heterocycles. The second-order valence-electron chi connectivity index (χ2n) is 8.64. The van der Waals surface area contributed by atoms with Crippen LogP contribution in [0.1, 0.15) is 34.5 Å². The highest BCUT2D eigenvalue weighted by molar-refractivity contribution is 5.93. The summed E-state index contributed by atoms with van der Waals surface area (Å²) in [5.41, 5.74) is 4.90. The normalized spacial score (nSPS) is 21.4. The number of primary amides is 1. The molecule has 0 radical (unpaired) electrons. The fraction of sp³-hybridized carbons (Fsp3) is 0.435. The number of hydrogen-bond acceptors (Lipinski definition) is 6. The number of nitrogens with two attached hydrogens (primary N) is 1. The SMILES string of the molecule is N#Cc1ccc(N2CCC([C@@H]3CN(C(=O)c4cnccn4)C[C@H]3C(N)=O)CC2)cc1C(F)(F)F.